The maximum absolute atomic E-state index is 5.97. The Labute approximate surface area is 82.8 Å². The molecule has 80 valence electrons. The minimum atomic E-state index is -0.0101. The quantitative estimate of drug-likeness (QED) is 0.665. The van der Waals surface area contributed by atoms with Crippen LogP contribution in [0.3, 0.4) is 0 Å². The van der Waals surface area contributed by atoms with E-state index in [9.17, 15) is 0 Å². The summed E-state index contributed by atoms with van der Waals surface area (Å²) in [6, 6.07) is 0.356. The van der Waals surface area contributed by atoms with Gasteiger partial charge in [-0.1, -0.05) is 19.8 Å². The van der Waals surface area contributed by atoms with E-state index in [0.29, 0.717) is 6.04 Å². The van der Waals surface area contributed by atoms with E-state index in [4.69, 9.17) is 10.5 Å². The van der Waals surface area contributed by atoms with Crippen molar-refractivity contribution in [3.05, 3.63) is 0 Å². The van der Waals surface area contributed by atoms with Gasteiger partial charge in [0.05, 0.1) is 5.60 Å². The van der Waals surface area contributed by atoms with E-state index in [2.05, 4.69) is 20.8 Å². The summed E-state index contributed by atoms with van der Waals surface area (Å²) in [6.07, 6.45) is 5.75. The second kappa shape index (κ2) is 6.39. The average molecular weight is 187 g/mol. The van der Waals surface area contributed by atoms with Crippen molar-refractivity contribution in [2.75, 3.05) is 7.11 Å². The van der Waals surface area contributed by atoms with Gasteiger partial charge in [-0.15, -0.1) is 0 Å². The molecule has 0 aliphatic rings. The van der Waals surface area contributed by atoms with Crippen LogP contribution >= 0.6 is 0 Å². The minimum absolute atomic E-state index is 0.0101. The van der Waals surface area contributed by atoms with Crippen LogP contribution in [0.15, 0.2) is 0 Å². The Morgan fingerprint density at radius 3 is 2.38 bits per heavy atom. The van der Waals surface area contributed by atoms with Crippen LogP contribution in [-0.4, -0.2) is 18.8 Å². The molecular weight excluding hydrogens is 162 g/mol. The molecule has 1 unspecified atom stereocenters. The zero-order valence-corrected chi connectivity index (χ0v) is 9.60. The Morgan fingerprint density at radius 2 is 1.92 bits per heavy atom. The van der Waals surface area contributed by atoms with Crippen LogP contribution in [0.25, 0.3) is 0 Å². The molecule has 0 radical (unpaired) electrons. The Morgan fingerprint density at radius 1 is 1.31 bits per heavy atom. The van der Waals surface area contributed by atoms with Crippen LogP contribution in [0.4, 0.5) is 0 Å². The first kappa shape index (κ1) is 12.9. The van der Waals surface area contributed by atoms with Crippen molar-refractivity contribution in [1.29, 1.82) is 0 Å². The molecule has 0 spiro atoms. The zero-order valence-electron chi connectivity index (χ0n) is 9.60. The van der Waals surface area contributed by atoms with Crippen molar-refractivity contribution in [3.63, 3.8) is 0 Å². The Kier molecular flexibility index (Phi) is 6.35. The normalized spacial score (nSPS) is 14.5. The predicted molar refractivity (Wildman–Crippen MR) is 57.8 cm³/mol. The molecule has 1 atom stereocenters. The van der Waals surface area contributed by atoms with Gasteiger partial charge >= 0.3 is 0 Å². The van der Waals surface area contributed by atoms with Crippen LogP contribution in [0.2, 0.25) is 0 Å². The van der Waals surface area contributed by atoms with Crippen molar-refractivity contribution in [2.45, 2.75) is 64.5 Å². The van der Waals surface area contributed by atoms with Crippen molar-refractivity contribution < 1.29 is 4.74 Å². The fraction of sp³-hybridized carbons (Fsp3) is 1.00. The molecule has 2 nitrogen and oxygen atoms in total. The molecule has 0 aromatic rings. The maximum Gasteiger partial charge on any atom is 0.0623 e. The highest BCUT2D eigenvalue weighted by Crippen LogP contribution is 2.17. The molecule has 0 heterocycles. The fourth-order valence-corrected chi connectivity index (χ4v) is 1.25. The zero-order chi connectivity index (χ0) is 10.3. The number of ether oxygens (including phenoxy) is 1. The molecule has 0 aliphatic carbocycles. The molecule has 0 fully saturated rings. The van der Waals surface area contributed by atoms with Gasteiger partial charge in [0.2, 0.25) is 0 Å². The summed E-state index contributed by atoms with van der Waals surface area (Å²) in [5, 5.41) is 0. The second-order valence-electron chi connectivity index (χ2n) is 4.40. The van der Waals surface area contributed by atoms with Gasteiger partial charge < -0.3 is 10.5 Å². The molecule has 0 saturated carbocycles. The van der Waals surface area contributed by atoms with Crippen LogP contribution in [0, 0.1) is 0 Å². The van der Waals surface area contributed by atoms with Crippen molar-refractivity contribution in [1.82, 2.24) is 0 Å². The fourth-order valence-electron chi connectivity index (χ4n) is 1.25. The lowest BCUT2D eigenvalue weighted by Gasteiger charge is -2.24. The third-order valence-electron chi connectivity index (χ3n) is 2.60. The van der Waals surface area contributed by atoms with Crippen LogP contribution in [0.5, 0.6) is 0 Å². The number of hydrogen-bond acceptors (Lipinski definition) is 2. The molecule has 0 aromatic carbocycles. The largest absolute Gasteiger partial charge is 0.379 e. The molecular formula is C11H25NO. The highest BCUT2D eigenvalue weighted by molar-refractivity contribution is 4.72. The lowest BCUT2D eigenvalue weighted by atomic mass is 9.97. The van der Waals surface area contributed by atoms with Gasteiger partial charge in [-0.25, -0.2) is 0 Å². The van der Waals surface area contributed by atoms with Gasteiger partial charge in [0, 0.05) is 13.2 Å². The topological polar surface area (TPSA) is 35.2 Å². The van der Waals surface area contributed by atoms with E-state index in [1.165, 1.54) is 12.8 Å². The number of nitrogens with two attached hydrogens (primary N) is 1. The average Bonchev–Trinajstić information content (AvgIpc) is 2.11. The summed E-state index contributed by atoms with van der Waals surface area (Å²) in [5.74, 6) is 0. The van der Waals surface area contributed by atoms with Crippen LogP contribution in [0.1, 0.15) is 52.9 Å². The second-order valence-corrected chi connectivity index (χ2v) is 4.40. The molecule has 0 rings (SSSR count). The number of methoxy groups -OCH3 is 1. The Balaban J connectivity index is 3.51. The summed E-state index contributed by atoms with van der Waals surface area (Å²) < 4.78 is 5.34. The highest BCUT2D eigenvalue weighted by Gasteiger charge is 2.17. The van der Waals surface area contributed by atoms with Crippen LogP contribution in [-0.2, 0) is 4.74 Å². The van der Waals surface area contributed by atoms with E-state index in [0.717, 1.165) is 19.3 Å². The third-order valence-corrected chi connectivity index (χ3v) is 2.60. The van der Waals surface area contributed by atoms with Gasteiger partial charge in [0.1, 0.15) is 0 Å². The molecule has 13 heavy (non-hydrogen) atoms. The van der Waals surface area contributed by atoms with Gasteiger partial charge in [-0.05, 0) is 33.1 Å². The van der Waals surface area contributed by atoms with Gasteiger partial charge in [-0.3, -0.25) is 0 Å². The first-order valence-electron chi connectivity index (χ1n) is 5.32. The van der Waals surface area contributed by atoms with Crippen LogP contribution < -0.4 is 5.73 Å². The molecule has 2 heteroatoms. The summed E-state index contributed by atoms with van der Waals surface area (Å²) >= 11 is 0. The Bertz CT molecular complexity index is 123. The number of rotatable bonds is 7. The molecule has 2 N–H and O–H groups in total. The number of unbranched alkanes of at least 4 members (excludes halogenated alkanes) is 1. The van der Waals surface area contributed by atoms with E-state index >= 15 is 0 Å². The molecule has 0 amide bonds. The third kappa shape index (κ3) is 7.03. The standard InChI is InChI=1S/C11H25NO/c1-5-6-7-10(12)8-9-11(2,3)13-4/h10H,5-9,12H2,1-4H3. The molecule has 0 bridgehead atoms. The van der Waals surface area contributed by atoms with Crippen molar-refractivity contribution >= 4 is 0 Å². The summed E-state index contributed by atoms with van der Waals surface area (Å²) in [7, 11) is 1.76. The number of hydrogen-bond donors (Lipinski definition) is 1. The minimum Gasteiger partial charge on any atom is -0.379 e. The highest BCUT2D eigenvalue weighted by atomic mass is 16.5. The summed E-state index contributed by atoms with van der Waals surface area (Å²) in [5.41, 5.74) is 5.96. The van der Waals surface area contributed by atoms with E-state index in [-0.39, 0.29) is 5.60 Å². The molecule has 0 aliphatic heterocycles. The maximum atomic E-state index is 5.97. The van der Waals surface area contributed by atoms with Gasteiger partial charge in [0.15, 0.2) is 0 Å². The monoisotopic (exact) mass is 187 g/mol. The van der Waals surface area contributed by atoms with Crippen molar-refractivity contribution in [2.24, 2.45) is 5.73 Å². The van der Waals surface area contributed by atoms with E-state index in [1.54, 1.807) is 7.11 Å². The van der Waals surface area contributed by atoms with E-state index < -0.39 is 0 Å². The lowest BCUT2D eigenvalue weighted by Crippen LogP contribution is -2.28. The predicted octanol–water partition coefficient (Wildman–Crippen LogP) is 2.71. The lowest BCUT2D eigenvalue weighted by molar-refractivity contribution is 0.0123. The first-order chi connectivity index (χ1) is 6.02. The van der Waals surface area contributed by atoms with E-state index in [1.807, 2.05) is 0 Å². The SMILES string of the molecule is CCCCC(N)CCC(C)(C)OC. The molecule has 0 aromatic heterocycles. The van der Waals surface area contributed by atoms with Crippen molar-refractivity contribution in [3.8, 4) is 0 Å². The molecule has 0 saturated heterocycles. The smallest absolute Gasteiger partial charge is 0.0623 e. The first-order valence-corrected chi connectivity index (χ1v) is 5.32. The summed E-state index contributed by atoms with van der Waals surface area (Å²) in [4.78, 5) is 0. The van der Waals surface area contributed by atoms with Gasteiger partial charge in [-0.2, -0.15) is 0 Å². The summed E-state index contributed by atoms with van der Waals surface area (Å²) in [6.45, 7) is 6.42. The Hall–Kier alpha value is -0.0800. The van der Waals surface area contributed by atoms with Gasteiger partial charge in [0.25, 0.3) is 0 Å².